The Balaban J connectivity index is 1.97. The number of ether oxygens (including phenoxy) is 1. The molecule has 0 N–H and O–H groups in total. The van der Waals surface area contributed by atoms with E-state index in [1.54, 1.807) is 49.7 Å². The summed E-state index contributed by atoms with van der Waals surface area (Å²) in [5.41, 5.74) is 1.50. The van der Waals surface area contributed by atoms with E-state index in [1.165, 1.54) is 16.7 Å². The van der Waals surface area contributed by atoms with Gasteiger partial charge in [0.05, 0.1) is 11.5 Å². The van der Waals surface area contributed by atoms with Crippen LogP contribution in [-0.2, 0) is 14.3 Å². The maximum Gasteiger partial charge on any atom is 0.333 e. The number of thioether (sulfide) groups is 1. The molecule has 1 aromatic carbocycles. The zero-order chi connectivity index (χ0) is 18.5. The first kappa shape index (κ1) is 18.3. The normalized spacial score (nSPS) is 16.8. The third-order valence-electron chi connectivity index (χ3n) is 3.71. The van der Waals surface area contributed by atoms with E-state index in [2.05, 4.69) is 4.98 Å². The van der Waals surface area contributed by atoms with Gasteiger partial charge in [-0.3, -0.25) is 14.7 Å². The summed E-state index contributed by atoms with van der Waals surface area (Å²) >= 11 is 6.57. The van der Waals surface area contributed by atoms with Crippen LogP contribution in [0.15, 0.2) is 59.8 Å². The fourth-order valence-corrected chi connectivity index (χ4v) is 3.87. The molecular weight excluding hydrogens is 368 g/mol. The second-order valence-corrected chi connectivity index (χ2v) is 7.07. The van der Waals surface area contributed by atoms with Gasteiger partial charge in [-0.05, 0) is 36.3 Å². The molecule has 132 valence electrons. The van der Waals surface area contributed by atoms with Crippen LogP contribution in [-0.4, -0.2) is 32.7 Å². The Morgan fingerprint density at radius 2 is 1.96 bits per heavy atom. The number of hydrogen-bond acceptors (Lipinski definition) is 6. The van der Waals surface area contributed by atoms with Gasteiger partial charge in [0.25, 0.3) is 5.91 Å². The molecular formula is C19H16N2O3S2. The number of thiocarbonyl (C=S) groups is 1. The Hall–Kier alpha value is -2.51. The van der Waals surface area contributed by atoms with Gasteiger partial charge in [0.2, 0.25) is 0 Å². The van der Waals surface area contributed by atoms with Crippen LogP contribution in [0.5, 0.6) is 0 Å². The predicted octanol–water partition coefficient (Wildman–Crippen LogP) is 3.59. The Bertz CT molecular complexity index is 854. The van der Waals surface area contributed by atoms with E-state index in [9.17, 15) is 9.59 Å². The summed E-state index contributed by atoms with van der Waals surface area (Å²) in [4.78, 5) is 31.3. The van der Waals surface area contributed by atoms with E-state index < -0.39 is 12.0 Å². The van der Waals surface area contributed by atoms with Crippen LogP contribution >= 0.6 is 24.0 Å². The maximum atomic E-state index is 13.0. The van der Waals surface area contributed by atoms with Crippen LogP contribution in [0, 0.1) is 0 Å². The van der Waals surface area contributed by atoms with Gasteiger partial charge in [-0.2, -0.15) is 0 Å². The molecule has 0 saturated carbocycles. The molecule has 5 nitrogen and oxygen atoms in total. The lowest BCUT2D eigenvalue weighted by atomic mass is 10.1. The highest BCUT2D eigenvalue weighted by molar-refractivity contribution is 8.26. The summed E-state index contributed by atoms with van der Waals surface area (Å²) in [6, 6.07) is 11.7. The lowest BCUT2D eigenvalue weighted by Crippen LogP contribution is -2.38. The highest BCUT2D eigenvalue weighted by Crippen LogP contribution is 2.38. The molecule has 0 bridgehead atoms. The second-order valence-electron chi connectivity index (χ2n) is 5.40. The van der Waals surface area contributed by atoms with Gasteiger partial charge in [-0.25, -0.2) is 4.79 Å². The average molecular weight is 384 g/mol. The average Bonchev–Trinajstić information content (AvgIpc) is 2.92. The molecule has 1 amide bonds. The van der Waals surface area contributed by atoms with Crippen molar-refractivity contribution in [3.05, 3.63) is 70.9 Å². The highest BCUT2D eigenvalue weighted by atomic mass is 32.2. The van der Waals surface area contributed by atoms with Crippen molar-refractivity contribution in [2.75, 3.05) is 6.61 Å². The van der Waals surface area contributed by atoms with Gasteiger partial charge >= 0.3 is 5.97 Å². The molecule has 0 spiro atoms. The van der Waals surface area contributed by atoms with E-state index in [1.807, 2.05) is 18.2 Å². The Kier molecular flexibility index (Phi) is 5.80. The van der Waals surface area contributed by atoms with Crippen molar-refractivity contribution >= 4 is 46.3 Å². The van der Waals surface area contributed by atoms with Crippen LogP contribution < -0.4 is 0 Å². The smallest absolute Gasteiger partial charge is 0.333 e. The summed E-state index contributed by atoms with van der Waals surface area (Å²) in [7, 11) is 0. The minimum Gasteiger partial charge on any atom is -0.464 e. The van der Waals surface area contributed by atoms with E-state index in [0.717, 1.165) is 5.56 Å². The maximum absolute atomic E-state index is 13.0. The number of rotatable bonds is 5. The third kappa shape index (κ3) is 3.84. The number of carbonyl (C=O) groups is 2. The minimum absolute atomic E-state index is 0.226. The monoisotopic (exact) mass is 384 g/mol. The van der Waals surface area contributed by atoms with E-state index >= 15 is 0 Å². The summed E-state index contributed by atoms with van der Waals surface area (Å²) in [6.45, 7) is 1.96. The number of amides is 1. The molecule has 1 aliphatic rings. The van der Waals surface area contributed by atoms with Gasteiger partial charge in [0.1, 0.15) is 4.32 Å². The first-order chi connectivity index (χ1) is 12.6. The van der Waals surface area contributed by atoms with Gasteiger partial charge in [-0.1, -0.05) is 54.3 Å². The van der Waals surface area contributed by atoms with Crippen LogP contribution in [0.3, 0.4) is 0 Å². The molecule has 0 radical (unpaired) electrons. The second kappa shape index (κ2) is 8.25. The van der Waals surface area contributed by atoms with Crippen LogP contribution in [0.4, 0.5) is 0 Å². The van der Waals surface area contributed by atoms with Crippen molar-refractivity contribution in [2.45, 2.75) is 13.0 Å². The molecule has 1 unspecified atom stereocenters. The fraction of sp³-hybridized carbons (Fsp3) is 0.158. The summed E-state index contributed by atoms with van der Waals surface area (Å²) in [5, 5.41) is 0. The molecule has 26 heavy (non-hydrogen) atoms. The molecule has 1 atom stereocenters. The van der Waals surface area contributed by atoms with Crippen molar-refractivity contribution in [3.8, 4) is 0 Å². The van der Waals surface area contributed by atoms with Gasteiger partial charge < -0.3 is 4.74 Å². The summed E-state index contributed by atoms with van der Waals surface area (Å²) in [5.74, 6) is -0.807. The van der Waals surface area contributed by atoms with E-state index in [-0.39, 0.29) is 12.5 Å². The number of aromatic nitrogens is 1. The largest absolute Gasteiger partial charge is 0.464 e. The van der Waals surface area contributed by atoms with Gasteiger partial charge in [0, 0.05) is 12.4 Å². The number of nitrogens with zero attached hydrogens (tertiary/aromatic N) is 2. The Labute approximate surface area is 161 Å². The number of hydrogen-bond donors (Lipinski definition) is 0. The van der Waals surface area contributed by atoms with Gasteiger partial charge in [0.15, 0.2) is 6.04 Å². The SMILES string of the molecule is CCOC(=O)C(c1ccccc1)N1C(=O)/C(=C\c2ccncc2)SC1=S. The zero-order valence-electron chi connectivity index (χ0n) is 14.0. The summed E-state index contributed by atoms with van der Waals surface area (Å²) in [6.07, 6.45) is 5.05. The molecule has 2 aromatic rings. The number of benzene rings is 1. The first-order valence-electron chi connectivity index (χ1n) is 8.00. The van der Waals surface area contributed by atoms with Crippen LogP contribution in [0.1, 0.15) is 24.1 Å². The number of pyridine rings is 1. The number of esters is 1. The molecule has 1 aliphatic heterocycles. The lowest BCUT2D eigenvalue weighted by molar-refractivity contribution is -0.151. The molecule has 7 heteroatoms. The first-order valence-corrected chi connectivity index (χ1v) is 9.23. The van der Waals surface area contributed by atoms with Crippen molar-refractivity contribution < 1.29 is 14.3 Å². The predicted molar refractivity (Wildman–Crippen MR) is 105 cm³/mol. The molecule has 0 aliphatic carbocycles. The fourth-order valence-electron chi connectivity index (χ4n) is 2.56. The molecule has 2 heterocycles. The van der Waals surface area contributed by atoms with Crippen LogP contribution in [0.25, 0.3) is 6.08 Å². The van der Waals surface area contributed by atoms with Gasteiger partial charge in [-0.15, -0.1) is 0 Å². The van der Waals surface area contributed by atoms with E-state index in [4.69, 9.17) is 17.0 Å². The molecule has 1 saturated heterocycles. The van der Waals surface area contributed by atoms with E-state index in [0.29, 0.717) is 14.8 Å². The summed E-state index contributed by atoms with van der Waals surface area (Å²) < 4.78 is 5.52. The third-order valence-corrected chi connectivity index (χ3v) is 5.04. The Morgan fingerprint density at radius 1 is 1.27 bits per heavy atom. The molecule has 3 rings (SSSR count). The molecule has 1 fully saturated rings. The standard InChI is InChI=1S/C19H16N2O3S2/c1-2-24-18(23)16(14-6-4-3-5-7-14)21-17(22)15(26-19(21)25)12-13-8-10-20-11-9-13/h3-12,16H,2H2,1H3/b15-12+. The topological polar surface area (TPSA) is 59.5 Å². The van der Waals surface area contributed by atoms with Crippen molar-refractivity contribution in [3.63, 3.8) is 0 Å². The van der Waals surface area contributed by atoms with Crippen LogP contribution in [0.2, 0.25) is 0 Å². The Morgan fingerprint density at radius 3 is 2.62 bits per heavy atom. The lowest BCUT2D eigenvalue weighted by Gasteiger charge is -2.25. The highest BCUT2D eigenvalue weighted by Gasteiger charge is 2.41. The van der Waals surface area contributed by atoms with Crippen molar-refractivity contribution in [2.24, 2.45) is 0 Å². The molecule has 1 aromatic heterocycles. The van der Waals surface area contributed by atoms with Crippen molar-refractivity contribution in [1.82, 2.24) is 9.88 Å². The minimum atomic E-state index is -0.896. The number of carbonyl (C=O) groups excluding carboxylic acids is 2. The quantitative estimate of drug-likeness (QED) is 0.446. The van der Waals surface area contributed by atoms with Crippen molar-refractivity contribution in [1.29, 1.82) is 0 Å². The zero-order valence-corrected chi connectivity index (χ0v) is 15.6.